The van der Waals surface area contributed by atoms with E-state index in [0.717, 1.165) is 18.4 Å². The molecule has 0 radical (unpaired) electrons. The minimum Gasteiger partial charge on any atom is -0.493 e. The Kier molecular flexibility index (Phi) is 4.50. The summed E-state index contributed by atoms with van der Waals surface area (Å²) in [4.78, 5) is 0. The van der Waals surface area contributed by atoms with Crippen molar-refractivity contribution in [2.45, 2.75) is 38.3 Å². The van der Waals surface area contributed by atoms with E-state index in [2.05, 4.69) is 6.92 Å². The first-order valence-electron chi connectivity index (χ1n) is 6.58. The fourth-order valence-electron chi connectivity index (χ4n) is 2.16. The van der Waals surface area contributed by atoms with Crippen LogP contribution in [0.25, 0.3) is 0 Å². The van der Waals surface area contributed by atoms with Crippen LogP contribution in [0.5, 0.6) is 17.2 Å². The summed E-state index contributed by atoms with van der Waals surface area (Å²) in [5.41, 5.74) is 6.89. The number of hydrogen-bond donors (Lipinski definition) is 2. The summed E-state index contributed by atoms with van der Waals surface area (Å²) in [5, 5.41) is 10.1. The summed E-state index contributed by atoms with van der Waals surface area (Å²) in [6.45, 7) is 2.27. The molecule has 0 saturated heterocycles. The van der Waals surface area contributed by atoms with Gasteiger partial charge in [0.15, 0.2) is 11.5 Å². The largest absolute Gasteiger partial charge is 0.493 e. The lowest BCUT2D eigenvalue weighted by Gasteiger charge is -2.20. The van der Waals surface area contributed by atoms with E-state index in [-0.39, 0.29) is 6.79 Å². The van der Waals surface area contributed by atoms with E-state index in [9.17, 15) is 5.11 Å². The van der Waals surface area contributed by atoms with Crippen molar-refractivity contribution in [3.05, 3.63) is 17.7 Å². The Morgan fingerprint density at radius 3 is 2.89 bits per heavy atom. The van der Waals surface area contributed by atoms with Crippen LogP contribution in [0.2, 0.25) is 0 Å². The summed E-state index contributed by atoms with van der Waals surface area (Å²) >= 11 is 0. The Bertz CT molecular complexity index is 436. The van der Waals surface area contributed by atoms with E-state index in [4.69, 9.17) is 19.9 Å². The summed E-state index contributed by atoms with van der Waals surface area (Å²) < 4.78 is 15.9. The third-order valence-electron chi connectivity index (χ3n) is 3.33. The van der Waals surface area contributed by atoms with Gasteiger partial charge in [0.25, 0.3) is 0 Å². The first-order chi connectivity index (χ1) is 9.17. The number of fused-ring (bicyclic) bond motifs is 1. The van der Waals surface area contributed by atoms with Crippen molar-refractivity contribution in [1.82, 2.24) is 0 Å². The lowest BCUT2D eigenvalue weighted by atomic mass is 9.97. The van der Waals surface area contributed by atoms with Crippen molar-refractivity contribution in [2.75, 3.05) is 13.9 Å². The molecule has 19 heavy (non-hydrogen) atoms. The van der Waals surface area contributed by atoms with Crippen LogP contribution in [-0.4, -0.2) is 25.1 Å². The Labute approximate surface area is 113 Å². The molecule has 5 heteroatoms. The molecule has 0 unspecified atom stereocenters. The number of hydrogen-bond acceptors (Lipinski definition) is 5. The van der Waals surface area contributed by atoms with Crippen molar-refractivity contribution in [1.29, 1.82) is 0 Å². The Balaban J connectivity index is 2.20. The molecule has 0 aliphatic carbocycles. The molecule has 0 spiro atoms. The molecule has 1 heterocycles. The molecule has 5 nitrogen and oxygen atoms in total. The second-order valence-corrected chi connectivity index (χ2v) is 4.69. The Morgan fingerprint density at radius 1 is 1.42 bits per heavy atom. The maximum absolute atomic E-state index is 10.1. The van der Waals surface area contributed by atoms with Crippen molar-refractivity contribution in [2.24, 2.45) is 5.73 Å². The first kappa shape index (κ1) is 14.0. The minimum atomic E-state index is -0.565. The second-order valence-electron chi connectivity index (χ2n) is 4.69. The van der Waals surface area contributed by atoms with E-state index in [1.54, 1.807) is 13.2 Å². The molecule has 2 rings (SSSR count). The number of aliphatic hydroxyl groups is 1. The van der Waals surface area contributed by atoms with Crippen LogP contribution < -0.4 is 19.9 Å². The van der Waals surface area contributed by atoms with Gasteiger partial charge in [-0.2, -0.15) is 0 Å². The van der Waals surface area contributed by atoms with E-state index in [1.165, 1.54) is 0 Å². The molecule has 106 valence electrons. The third kappa shape index (κ3) is 2.93. The molecular weight excluding hydrogens is 246 g/mol. The van der Waals surface area contributed by atoms with Crippen LogP contribution >= 0.6 is 0 Å². The molecule has 0 amide bonds. The van der Waals surface area contributed by atoms with Gasteiger partial charge in [-0.3, -0.25) is 0 Å². The predicted octanol–water partition coefficient (Wildman–Crippen LogP) is 1.97. The van der Waals surface area contributed by atoms with Gasteiger partial charge in [-0.15, -0.1) is 0 Å². The summed E-state index contributed by atoms with van der Waals surface area (Å²) in [5.74, 6) is 1.80. The zero-order valence-electron chi connectivity index (χ0n) is 11.4. The lowest BCUT2D eigenvalue weighted by molar-refractivity contribution is 0.132. The maximum Gasteiger partial charge on any atom is 0.231 e. The molecule has 1 aliphatic rings. The monoisotopic (exact) mass is 267 g/mol. The second kappa shape index (κ2) is 6.12. The highest BCUT2D eigenvalue weighted by molar-refractivity contribution is 5.55. The van der Waals surface area contributed by atoms with Gasteiger partial charge in [0.05, 0.1) is 19.3 Å². The smallest absolute Gasteiger partial charge is 0.231 e. The molecule has 0 fully saturated rings. The number of aliphatic hydroxyl groups excluding tert-OH is 1. The number of benzene rings is 1. The highest BCUT2D eigenvalue weighted by Crippen LogP contribution is 2.43. The molecule has 2 atom stereocenters. The summed E-state index contributed by atoms with van der Waals surface area (Å²) in [7, 11) is 1.57. The van der Waals surface area contributed by atoms with Gasteiger partial charge in [0.2, 0.25) is 12.5 Å². The topological polar surface area (TPSA) is 73.9 Å². The molecule has 0 aromatic heterocycles. The Morgan fingerprint density at radius 2 is 2.21 bits per heavy atom. The lowest BCUT2D eigenvalue weighted by Crippen LogP contribution is -2.26. The van der Waals surface area contributed by atoms with Gasteiger partial charge < -0.3 is 25.1 Å². The average Bonchev–Trinajstić information content (AvgIpc) is 2.90. The van der Waals surface area contributed by atoms with Gasteiger partial charge in [-0.1, -0.05) is 19.8 Å². The molecule has 0 bridgehead atoms. The number of ether oxygens (including phenoxy) is 3. The van der Waals surface area contributed by atoms with Crippen LogP contribution in [0.3, 0.4) is 0 Å². The fourth-order valence-corrected chi connectivity index (χ4v) is 2.16. The van der Waals surface area contributed by atoms with Crippen molar-refractivity contribution in [3.8, 4) is 17.2 Å². The summed E-state index contributed by atoms with van der Waals surface area (Å²) in [6, 6.07) is 3.16. The van der Waals surface area contributed by atoms with Gasteiger partial charge >= 0.3 is 0 Å². The standard InChI is InChI=1S/C14H21NO4/c1-3-4-5-10(16)13(15)9-6-11(17-2)14-12(7-9)18-8-19-14/h6-7,10,13,16H,3-5,8,15H2,1-2H3/t10-,13+/m0/s1. The van der Waals surface area contributed by atoms with Gasteiger partial charge in [-0.25, -0.2) is 0 Å². The predicted molar refractivity (Wildman–Crippen MR) is 71.6 cm³/mol. The SMILES string of the molecule is CCCC[C@H](O)[C@H](N)c1cc(OC)c2c(c1)OCO2. The normalized spacial score (nSPS) is 16.2. The van der Waals surface area contributed by atoms with E-state index >= 15 is 0 Å². The molecular formula is C14H21NO4. The van der Waals surface area contributed by atoms with Crippen molar-refractivity contribution < 1.29 is 19.3 Å². The van der Waals surface area contributed by atoms with Crippen LogP contribution in [0.15, 0.2) is 12.1 Å². The zero-order valence-corrected chi connectivity index (χ0v) is 11.4. The highest BCUT2D eigenvalue weighted by atomic mass is 16.7. The first-order valence-corrected chi connectivity index (χ1v) is 6.58. The molecule has 3 N–H and O–H groups in total. The Hall–Kier alpha value is -1.46. The number of rotatable bonds is 6. The molecule has 0 saturated carbocycles. The molecule has 1 aromatic carbocycles. The van der Waals surface area contributed by atoms with E-state index in [1.807, 2.05) is 6.07 Å². The zero-order chi connectivity index (χ0) is 13.8. The minimum absolute atomic E-state index is 0.183. The average molecular weight is 267 g/mol. The number of nitrogens with two attached hydrogens (primary N) is 1. The molecule has 1 aliphatic heterocycles. The van der Waals surface area contributed by atoms with E-state index < -0.39 is 12.1 Å². The molecule has 1 aromatic rings. The summed E-state index contributed by atoms with van der Waals surface area (Å²) in [6.07, 6.45) is 2.11. The van der Waals surface area contributed by atoms with Gasteiger partial charge in [0.1, 0.15) is 0 Å². The van der Waals surface area contributed by atoms with Crippen molar-refractivity contribution >= 4 is 0 Å². The quantitative estimate of drug-likeness (QED) is 0.824. The fraction of sp³-hybridized carbons (Fsp3) is 0.571. The van der Waals surface area contributed by atoms with Crippen LogP contribution in [0, 0.1) is 0 Å². The van der Waals surface area contributed by atoms with Gasteiger partial charge in [0, 0.05) is 0 Å². The number of methoxy groups -OCH3 is 1. The van der Waals surface area contributed by atoms with E-state index in [0.29, 0.717) is 23.7 Å². The maximum atomic E-state index is 10.1. The van der Waals surface area contributed by atoms with Crippen LogP contribution in [0.1, 0.15) is 37.8 Å². The third-order valence-corrected chi connectivity index (χ3v) is 3.33. The van der Waals surface area contributed by atoms with Crippen molar-refractivity contribution in [3.63, 3.8) is 0 Å². The van der Waals surface area contributed by atoms with Crippen LogP contribution in [0.4, 0.5) is 0 Å². The van der Waals surface area contributed by atoms with Crippen LogP contribution in [-0.2, 0) is 0 Å². The highest BCUT2D eigenvalue weighted by Gasteiger charge is 2.24. The van der Waals surface area contributed by atoms with Gasteiger partial charge in [-0.05, 0) is 24.1 Å². The number of unbranched alkanes of at least 4 members (excludes halogenated alkanes) is 1.